The van der Waals surface area contributed by atoms with E-state index >= 15 is 0 Å². The van der Waals surface area contributed by atoms with Crippen molar-refractivity contribution in [1.82, 2.24) is 0 Å². The van der Waals surface area contributed by atoms with Crippen LogP contribution in [0.5, 0.6) is 0 Å². The second-order valence-electron chi connectivity index (χ2n) is 3.91. The van der Waals surface area contributed by atoms with Crippen molar-refractivity contribution in [2.45, 2.75) is 25.7 Å². The number of hydrogen-bond donors (Lipinski definition) is 0. The molecule has 0 aromatic heterocycles. The molecule has 9 heavy (non-hydrogen) atoms. The third kappa shape index (κ3) is 0.417. The highest BCUT2D eigenvalue weighted by atomic mass is 14.5. The Labute approximate surface area is 56.0 Å². The first kappa shape index (κ1) is 4.54. The van der Waals surface area contributed by atoms with Gasteiger partial charge >= 0.3 is 0 Å². The SMILES string of the molecule is C1=C2C3CC(C1)CC2C3. The molecular weight excluding hydrogens is 108 g/mol. The van der Waals surface area contributed by atoms with E-state index in [0.717, 1.165) is 17.8 Å². The second-order valence-corrected chi connectivity index (χ2v) is 3.91. The summed E-state index contributed by atoms with van der Waals surface area (Å²) in [6.07, 6.45) is 8.58. The van der Waals surface area contributed by atoms with Crippen molar-refractivity contribution in [1.29, 1.82) is 0 Å². The number of hydrogen-bond acceptors (Lipinski definition) is 0. The normalized spacial score (nSPS) is 52.4. The minimum atomic E-state index is 1.07. The van der Waals surface area contributed by atoms with Gasteiger partial charge in [-0.25, -0.2) is 0 Å². The Morgan fingerprint density at radius 3 is 2.22 bits per heavy atom. The van der Waals surface area contributed by atoms with E-state index in [4.69, 9.17) is 0 Å². The highest BCUT2D eigenvalue weighted by Gasteiger charge is 2.44. The van der Waals surface area contributed by atoms with Crippen LogP contribution in [-0.4, -0.2) is 0 Å². The fourth-order valence-electron chi connectivity index (χ4n) is 2.98. The predicted octanol–water partition coefficient (Wildman–Crippen LogP) is 2.36. The van der Waals surface area contributed by atoms with Crippen molar-refractivity contribution in [3.63, 3.8) is 0 Å². The van der Waals surface area contributed by atoms with Crippen LogP contribution in [0, 0.1) is 17.8 Å². The van der Waals surface area contributed by atoms with Gasteiger partial charge in [-0.2, -0.15) is 0 Å². The summed E-state index contributed by atoms with van der Waals surface area (Å²) in [5.41, 5.74) is 1.84. The lowest BCUT2D eigenvalue weighted by Gasteiger charge is -2.51. The molecule has 0 saturated heterocycles. The zero-order valence-corrected chi connectivity index (χ0v) is 5.64. The Morgan fingerprint density at radius 2 is 1.89 bits per heavy atom. The van der Waals surface area contributed by atoms with E-state index in [0.29, 0.717) is 0 Å². The average Bonchev–Trinajstić information content (AvgIpc) is 1.88. The van der Waals surface area contributed by atoms with Crippen LogP contribution in [0.4, 0.5) is 0 Å². The molecule has 5 aliphatic rings. The smallest absolute Gasteiger partial charge is 0.0192 e. The van der Waals surface area contributed by atoms with Gasteiger partial charge in [-0.15, -0.1) is 0 Å². The summed E-state index contributed by atoms with van der Waals surface area (Å²) < 4.78 is 0. The van der Waals surface area contributed by atoms with Gasteiger partial charge in [0.05, 0.1) is 0 Å². The molecule has 48 valence electrons. The zero-order chi connectivity index (χ0) is 5.84. The van der Waals surface area contributed by atoms with Gasteiger partial charge in [-0.3, -0.25) is 0 Å². The number of rotatable bonds is 0. The van der Waals surface area contributed by atoms with Gasteiger partial charge in [0.1, 0.15) is 0 Å². The van der Waals surface area contributed by atoms with Crippen molar-refractivity contribution < 1.29 is 0 Å². The molecule has 0 spiro atoms. The van der Waals surface area contributed by atoms with Crippen molar-refractivity contribution in [3.05, 3.63) is 11.6 Å². The summed E-state index contributed by atoms with van der Waals surface area (Å²) in [6.45, 7) is 0. The minimum Gasteiger partial charge on any atom is -0.0845 e. The van der Waals surface area contributed by atoms with Crippen LogP contribution < -0.4 is 0 Å². The highest BCUT2D eigenvalue weighted by molar-refractivity contribution is 5.27. The van der Waals surface area contributed by atoms with Gasteiger partial charge in [0, 0.05) is 0 Å². The fourth-order valence-corrected chi connectivity index (χ4v) is 2.98. The lowest BCUT2D eigenvalue weighted by Crippen LogP contribution is -2.40. The van der Waals surface area contributed by atoms with Gasteiger partial charge in [0.15, 0.2) is 0 Å². The third-order valence-corrected chi connectivity index (χ3v) is 3.43. The Hall–Kier alpha value is -0.260. The average molecular weight is 120 g/mol. The molecular formula is C9H12. The van der Waals surface area contributed by atoms with Crippen molar-refractivity contribution >= 4 is 0 Å². The van der Waals surface area contributed by atoms with Gasteiger partial charge in [0.25, 0.3) is 0 Å². The third-order valence-electron chi connectivity index (χ3n) is 3.43. The van der Waals surface area contributed by atoms with E-state index in [2.05, 4.69) is 6.08 Å². The Kier molecular flexibility index (Phi) is 0.633. The first-order valence-electron chi connectivity index (χ1n) is 4.13. The molecule has 2 atom stereocenters. The van der Waals surface area contributed by atoms with Gasteiger partial charge in [-0.1, -0.05) is 11.6 Å². The van der Waals surface area contributed by atoms with Crippen LogP contribution in [0.25, 0.3) is 0 Å². The van der Waals surface area contributed by atoms with E-state index < -0.39 is 0 Å². The topological polar surface area (TPSA) is 0 Å². The van der Waals surface area contributed by atoms with Crippen molar-refractivity contribution in [2.24, 2.45) is 17.8 Å². The highest BCUT2D eigenvalue weighted by Crippen LogP contribution is 2.56. The van der Waals surface area contributed by atoms with Crippen LogP contribution in [-0.2, 0) is 0 Å². The van der Waals surface area contributed by atoms with Crippen molar-refractivity contribution in [2.75, 3.05) is 0 Å². The molecule has 0 heteroatoms. The molecule has 0 amide bonds. The van der Waals surface area contributed by atoms with E-state index in [1.165, 1.54) is 6.42 Å². The number of fused-ring (bicyclic) bond motifs is 1. The van der Waals surface area contributed by atoms with Gasteiger partial charge < -0.3 is 0 Å². The first-order valence-corrected chi connectivity index (χ1v) is 4.13. The van der Waals surface area contributed by atoms with Crippen LogP contribution >= 0.6 is 0 Å². The fraction of sp³-hybridized carbons (Fsp3) is 0.778. The van der Waals surface area contributed by atoms with Crippen LogP contribution in [0.3, 0.4) is 0 Å². The quantitative estimate of drug-likeness (QED) is 0.430. The van der Waals surface area contributed by atoms with Crippen molar-refractivity contribution in [3.8, 4) is 0 Å². The largest absolute Gasteiger partial charge is 0.0845 e. The molecule has 0 aromatic carbocycles. The van der Waals surface area contributed by atoms with E-state index in [-0.39, 0.29) is 0 Å². The lowest BCUT2D eigenvalue weighted by molar-refractivity contribution is 0.130. The molecule has 0 heterocycles. The summed E-state index contributed by atoms with van der Waals surface area (Å²) in [5, 5.41) is 0. The van der Waals surface area contributed by atoms with Crippen LogP contribution in [0.1, 0.15) is 25.7 Å². The van der Waals surface area contributed by atoms with E-state index in [1.807, 2.05) is 5.57 Å². The zero-order valence-electron chi connectivity index (χ0n) is 5.64. The first-order chi connectivity index (χ1) is 4.43. The summed E-state index contributed by atoms with van der Waals surface area (Å²) in [7, 11) is 0. The standard InChI is InChI=1S/C9H12/c1-2-9-7-3-6(1)4-8(9)5-7/h2,6-8H,1,3-5H2. The summed E-state index contributed by atoms with van der Waals surface area (Å²) >= 11 is 0. The Bertz CT molecular complexity index is 164. The summed E-state index contributed by atoms with van der Waals surface area (Å²) in [4.78, 5) is 0. The molecule has 0 nitrogen and oxygen atoms in total. The van der Waals surface area contributed by atoms with Crippen LogP contribution in [0.2, 0.25) is 0 Å². The molecule has 2 unspecified atom stereocenters. The van der Waals surface area contributed by atoms with E-state index in [1.54, 1.807) is 19.3 Å². The number of allylic oxidation sites excluding steroid dienone is 2. The molecule has 0 aliphatic heterocycles. The van der Waals surface area contributed by atoms with E-state index in [9.17, 15) is 0 Å². The minimum absolute atomic E-state index is 1.07. The Balaban J connectivity index is 2.08. The molecule has 0 radical (unpaired) electrons. The maximum Gasteiger partial charge on any atom is -0.0192 e. The molecule has 4 bridgehead atoms. The molecule has 0 aromatic rings. The van der Waals surface area contributed by atoms with Gasteiger partial charge in [0.2, 0.25) is 0 Å². The molecule has 3 saturated carbocycles. The maximum atomic E-state index is 2.52. The predicted molar refractivity (Wildman–Crippen MR) is 37.0 cm³/mol. The Morgan fingerprint density at radius 1 is 1.11 bits per heavy atom. The summed E-state index contributed by atoms with van der Waals surface area (Å²) in [5.74, 6) is 3.25. The molecule has 5 rings (SSSR count). The molecule has 5 aliphatic carbocycles. The van der Waals surface area contributed by atoms with Gasteiger partial charge in [-0.05, 0) is 43.4 Å². The molecule has 3 fully saturated rings. The summed E-state index contributed by atoms with van der Waals surface area (Å²) in [6, 6.07) is 0. The lowest BCUT2D eigenvalue weighted by atomic mass is 9.54. The second kappa shape index (κ2) is 1.25. The molecule has 0 N–H and O–H groups in total. The van der Waals surface area contributed by atoms with Crippen LogP contribution in [0.15, 0.2) is 11.6 Å². The monoisotopic (exact) mass is 120 g/mol. The maximum absolute atomic E-state index is 2.52.